The first kappa shape index (κ1) is 16.4. The maximum atomic E-state index is 12.2. The van der Waals surface area contributed by atoms with Gasteiger partial charge in [0.05, 0.1) is 15.8 Å². The van der Waals surface area contributed by atoms with E-state index in [4.69, 9.17) is 21.3 Å². The number of fused-ring (bicyclic) bond motifs is 1. The van der Waals surface area contributed by atoms with Crippen LogP contribution >= 0.6 is 22.9 Å². The first-order valence-corrected chi connectivity index (χ1v) is 9.52. The third-order valence-corrected chi connectivity index (χ3v) is 5.60. The van der Waals surface area contributed by atoms with Crippen molar-refractivity contribution in [3.8, 4) is 5.75 Å². The third kappa shape index (κ3) is 3.62. The first-order chi connectivity index (χ1) is 12.2. The number of aromatic nitrogens is 1. The van der Waals surface area contributed by atoms with Crippen molar-refractivity contribution in [2.24, 2.45) is 0 Å². The largest absolute Gasteiger partial charge is 0.423 e. The van der Waals surface area contributed by atoms with E-state index in [9.17, 15) is 4.79 Å². The molecule has 4 rings (SSSR count). The Morgan fingerprint density at radius 2 is 1.84 bits per heavy atom. The molecule has 0 N–H and O–H groups in total. The van der Waals surface area contributed by atoms with Crippen molar-refractivity contribution >= 4 is 44.3 Å². The van der Waals surface area contributed by atoms with Gasteiger partial charge in [0.2, 0.25) is 0 Å². The molecule has 0 radical (unpaired) electrons. The van der Waals surface area contributed by atoms with Crippen LogP contribution in [0.2, 0.25) is 5.02 Å². The van der Waals surface area contributed by atoms with E-state index in [-0.39, 0.29) is 0 Å². The number of hydrogen-bond acceptors (Lipinski definition) is 5. The van der Waals surface area contributed by atoms with Crippen LogP contribution in [0.4, 0.5) is 5.13 Å². The summed E-state index contributed by atoms with van der Waals surface area (Å²) in [7, 11) is 0. The molecule has 1 aliphatic heterocycles. The van der Waals surface area contributed by atoms with Gasteiger partial charge in [0.25, 0.3) is 0 Å². The molecule has 0 amide bonds. The molecule has 3 aromatic rings. The lowest BCUT2D eigenvalue weighted by Gasteiger charge is -2.25. The zero-order valence-corrected chi connectivity index (χ0v) is 15.1. The van der Waals surface area contributed by atoms with E-state index in [1.54, 1.807) is 41.7 Å². The number of carbonyl (C=O) groups is 1. The first-order valence-electron chi connectivity index (χ1n) is 8.32. The second-order valence-electron chi connectivity index (χ2n) is 6.07. The predicted molar refractivity (Wildman–Crippen MR) is 102 cm³/mol. The standard InChI is InChI=1S/C19H17ClN2O2S/c20-14-6-4-13(5-7-14)18(23)24-15-8-9-16-17(12-15)25-19(21-16)22-10-2-1-3-11-22/h4-9,12H,1-3,10-11H2. The van der Waals surface area contributed by atoms with Gasteiger partial charge in [-0.15, -0.1) is 0 Å². The smallest absolute Gasteiger partial charge is 0.343 e. The highest BCUT2D eigenvalue weighted by Gasteiger charge is 2.16. The van der Waals surface area contributed by atoms with Crippen molar-refractivity contribution in [2.45, 2.75) is 19.3 Å². The SMILES string of the molecule is O=C(Oc1ccc2nc(N3CCCCC3)sc2c1)c1ccc(Cl)cc1. The van der Waals surface area contributed by atoms with Gasteiger partial charge in [0.1, 0.15) is 5.75 Å². The van der Waals surface area contributed by atoms with Crippen molar-refractivity contribution in [1.29, 1.82) is 0 Å². The summed E-state index contributed by atoms with van der Waals surface area (Å²) < 4.78 is 6.52. The fourth-order valence-electron chi connectivity index (χ4n) is 2.93. The van der Waals surface area contributed by atoms with Gasteiger partial charge in [-0.1, -0.05) is 22.9 Å². The van der Waals surface area contributed by atoms with Crippen LogP contribution in [0, 0.1) is 0 Å². The van der Waals surface area contributed by atoms with Gasteiger partial charge in [-0.2, -0.15) is 0 Å². The predicted octanol–water partition coefficient (Wildman–Crippen LogP) is 5.16. The number of ether oxygens (including phenoxy) is 1. The minimum absolute atomic E-state index is 0.392. The maximum absolute atomic E-state index is 12.2. The third-order valence-electron chi connectivity index (χ3n) is 4.27. The molecule has 2 heterocycles. The second kappa shape index (κ2) is 7.02. The Balaban J connectivity index is 1.54. The van der Waals surface area contributed by atoms with Gasteiger partial charge in [0, 0.05) is 24.2 Å². The second-order valence-corrected chi connectivity index (χ2v) is 7.52. The fourth-order valence-corrected chi connectivity index (χ4v) is 4.10. The number of piperidine rings is 1. The summed E-state index contributed by atoms with van der Waals surface area (Å²) in [6.45, 7) is 2.14. The summed E-state index contributed by atoms with van der Waals surface area (Å²) in [6, 6.07) is 12.2. The molecular weight excluding hydrogens is 356 g/mol. The zero-order chi connectivity index (χ0) is 17.2. The molecule has 6 heteroatoms. The summed E-state index contributed by atoms with van der Waals surface area (Å²) in [4.78, 5) is 19.3. The molecule has 0 bridgehead atoms. The number of hydrogen-bond donors (Lipinski definition) is 0. The van der Waals surface area contributed by atoms with E-state index in [1.807, 2.05) is 12.1 Å². The van der Waals surface area contributed by atoms with Crippen LogP contribution < -0.4 is 9.64 Å². The lowest BCUT2D eigenvalue weighted by Crippen LogP contribution is -2.29. The Hall–Kier alpha value is -2.11. The zero-order valence-electron chi connectivity index (χ0n) is 13.6. The van der Waals surface area contributed by atoms with Crippen molar-refractivity contribution < 1.29 is 9.53 Å². The number of anilines is 1. The van der Waals surface area contributed by atoms with Crippen molar-refractivity contribution in [2.75, 3.05) is 18.0 Å². The molecule has 0 saturated carbocycles. The molecule has 2 aromatic carbocycles. The molecule has 1 fully saturated rings. The number of nitrogens with zero attached hydrogens (tertiary/aromatic N) is 2. The molecule has 1 saturated heterocycles. The van der Waals surface area contributed by atoms with Crippen molar-refractivity contribution in [3.05, 3.63) is 53.1 Å². The molecule has 128 valence electrons. The molecule has 1 aromatic heterocycles. The Morgan fingerprint density at radius 3 is 2.60 bits per heavy atom. The normalized spacial score (nSPS) is 14.7. The number of carbonyl (C=O) groups excluding carboxylic acids is 1. The molecule has 0 atom stereocenters. The van der Waals surface area contributed by atoms with E-state index < -0.39 is 5.97 Å². The molecule has 0 spiro atoms. The topological polar surface area (TPSA) is 42.4 Å². The number of thiazole rings is 1. The van der Waals surface area contributed by atoms with E-state index in [0.717, 1.165) is 28.4 Å². The monoisotopic (exact) mass is 372 g/mol. The van der Waals surface area contributed by atoms with Crippen LogP contribution in [0.15, 0.2) is 42.5 Å². The maximum Gasteiger partial charge on any atom is 0.343 e. The summed E-state index contributed by atoms with van der Waals surface area (Å²) in [5.41, 5.74) is 1.42. The van der Waals surface area contributed by atoms with Crippen LogP contribution in [0.25, 0.3) is 10.2 Å². The number of rotatable bonds is 3. The summed E-state index contributed by atoms with van der Waals surface area (Å²) in [6.07, 6.45) is 3.74. The molecule has 4 nitrogen and oxygen atoms in total. The van der Waals surface area contributed by atoms with E-state index in [0.29, 0.717) is 16.3 Å². The Bertz CT molecular complexity index is 901. The van der Waals surface area contributed by atoms with Gasteiger partial charge >= 0.3 is 5.97 Å². The number of halogens is 1. The summed E-state index contributed by atoms with van der Waals surface area (Å²) in [5, 5.41) is 1.64. The number of esters is 1. The minimum Gasteiger partial charge on any atom is -0.423 e. The average Bonchev–Trinajstić information content (AvgIpc) is 3.06. The van der Waals surface area contributed by atoms with Crippen molar-refractivity contribution in [3.63, 3.8) is 0 Å². The average molecular weight is 373 g/mol. The van der Waals surface area contributed by atoms with Gasteiger partial charge in [-0.3, -0.25) is 0 Å². The molecule has 25 heavy (non-hydrogen) atoms. The van der Waals surface area contributed by atoms with Gasteiger partial charge in [-0.25, -0.2) is 9.78 Å². The molecule has 0 aliphatic carbocycles. The molecule has 0 unspecified atom stereocenters. The van der Waals surface area contributed by atoms with Crippen LogP contribution in [0.5, 0.6) is 5.75 Å². The number of benzene rings is 2. The summed E-state index contributed by atoms with van der Waals surface area (Å²) in [5.74, 6) is 0.137. The van der Waals surface area contributed by atoms with Crippen LogP contribution in [-0.4, -0.2) is 24.0 Å². The van der Waals surface area contributed by atoms with Gasteiger partial charge in [-0.05, 0) is 55.7 Å². The van der Waals surface area contributed by atoms with Crippen LogP contribution in [0.3, 0.4) is 0 Å². The van der Waals surface area contributed by atoms with Gasteiger partial charge < -0.3 is 9.64 Å². The minimum atomic E-state index is -0.392. The lowest BCUT2D eigenvalue weighted by molar-refractivity contribution is 0.0735. The summed E-state index contributed by atoms with van der Waals surface area (Å²) >= 11 is 7.50. The Morgan fingerprint density at radius 1 is 1.08 bits per heavy atom. The van der Waals surface area contributed by atoms with E-state index in [2.05, 4.69) is 4.90 Å². The highest BCUT2D eigenvalue weighted by Crippen LogP contribution is 2.32. The highest BCUT2D eigenvalue weighted by molar-refractivity contribution is 7.22. The highest BCUT2D eigenvalue weighted by atomic mass is 35.5. The van der Waals surface area contributed by atoms with Crippen LogP contribution in [0.1, 0.15) is 29.6 Å². The Labute approximate surface area is 155 Å². The fraction of sp³-hybridized carbons (Fsp3) is 0.263. The van der Waals surface area contributed by atoms with E-state index >= 15 is 0 Å². The Kier molecular flexibility index (Phi) is 4.59. The quantitative estimate of drug-likeness (QED) is 0.470. The molecular formula is C19H17ClN2O2S. The van der Waals surface area contributed by atoms with Crippen LogP contribution in [-0.2, 0) is 0 Å². The van der Waals surface area contributed by atoms with E-state index in [1.165, 1.54) is 19.3 Å². The van der Waals surface area contributed by atoms with Gasteiger partial charge in [0.15, 0.2) is 5.13 Å². The molecule has 1 aliphatic rings. The van der Waals surface area contributed by atoms with Crippen molar-refractivity contribution in [1.82, 2.24) is 4.98 Å². The lowest BCUT2D eigenvalue weighted by atomic mass is 10.1.